The third kappa shape index (κ3) is 4.11. The molecule has 0 bridgehead atoms. The van der Waals surface area contributed by atoms with Gasteiger partial charge in [0.1, 0.15) is 11.5 Å². The summed E-state index contributed by atoms with van der Waals surface area (Å²) in [6.45, 7) is 0.424. The summed E-state index contributed by atoms with van der Waals surface area (Å²) in [7, 11) is 0. The van der Waals surface area contributed by atoms with Crippen molar-refractivity contribution in [2.75, 3.05) is 5.32 Å². The Balaban J connectivity index is 1.50. The number of aromatic nitrogens is 3. The topological polar surface area (TPSA) is 70.7 Å². The molecule has 2 heterocycles. The number of hydrogen-bond donors (Lipinski definition) is 2. The molecule has 0 aliphatic heterocycles. The first kappa shape index (κ1) is 18.7. The van der Waals surface area contributed by atoms with Crippen LogP contribution < -0.4 is 11.0 Å². The minimum Gasteiger partial charge on any atom is -0.365 e. The van der Waals surface area contributed by atoms with E-state index in [1.165, 1.54) is 12.1 Å². The van der Waals surface area contributed by atoms with Crippen molar-refractivity contribution in [1.82, 2.24) is 15.0 Å². The van der Waals surface area contributed by atoms with Crippen molar-refractivity contribution in [3.05, 3.63) is 88.5 Å². The Labute approximate surface area is 163 Å². The predicted octanol–water partition coefficient (Wildman–Crippen LogP) is 4.62. The van der Waals surface area contributed by atoms with Crippen LogP contribution in [0.25, 0.3) is 22.2 Å². The van der Waals surface area contributed by atoms with Crippen molar-refractivity contribution in [2.45, 2.75) is 12.7 Å². The number of aromatic amines is 1. The summed E-state index contributed by atoms with van der Waals surface area (Å²) in [6, 6.07) is 16.0. The molecule has 0 spiro atoms. The van der Waals surface area contributed by atoms with E-state index in [1.807, 2.05) is 24.3 Å². The molecule has 0 radical (unpaired) electrons. The van der Waals surface area contributed by atoms with Gasteiger partial charge in [-0.15, -0.1) is 0 Å². The van der Waals surface area contributed by atoms with Crippen molar-refractivity contribution < 1.29 is 13.2 Å². The normalized spacial score (nSPS) is 11.6. The Morgan fingerprint density at radius 3 is 2.24 bits per heavy atom. The van der Waals surface area contributed by atoms with Crippen LogP contribution in [0.1, 0.15) is 11.1 Å². The Kier molecular flexibility index (Phi) is 4.75. The molecular weight excluding hydrogens is 381 g/mol. The van der Waals surface area contributed by atoms with E-state index >= 15 is 0 Å². The number of nitrogens with one attached hydrogen (secondary N) is 2. The van der Waals surface area contributed by atoms with E-state index in [9.17, 15) is 18.0 Å². The molecule has 8 heteroatoms. The summed E-state index contributed by atoms with van der Waals surface area (Å²) in [5.74, 6) is 0.434. The zero-order valence-electron chi connectivity index (χ0n) is 15.0. The third-order valence-corrected chi connectivity index (χ3v) is 4.46. The van der Waals surface area contributed by atoms with Crippen LogP contribution in [0.5, 0.6) is 0 Å². The Morgan fingerprint density at radius 2 is 1.59 bits per heavy atom. The first-order valence-electron chi connectivity index (χ1n) is 8.76. The van der Waals surface area contributed by atoms with Crippen LogP contribution in [-0.4, -0.2) is 15.0 Å². The molecule has 0 unspecified atom stereocenters. The monoisotopic (exact) mass is 396 g/mol. The van der Waals surface area contributed by atoms with Gasteiger partial charge in [-0.05, 0) is 41.0 Å². The highest BCUT2D eigenvalue weighted by atomic mass is 19.4. The lowest BCUT2D eigenvalue weighted by atomic mass is 10.0. The number of halogens is 3. The SMILES string of the molecule is O=c1nc(NCc2ccc(-c3ccc(C(F)(F)F)cc3)cc2)c2cccnc2[nH]1. The van der Waals surface area contributed by atoms with E-state index in [2.05, 4.69) is 20.3 Å². The summed E-state index contributed by atoms with van der Waals surface area (Å²) in [5.41, 5.74) is 1.73. The van der Waals surface area contributed by atoms with E-state index in [0.29, 0.717) is 29.0 Å². The predicted molar refractivity (Wildman–Crippen MR) is 104 cm³/mol. The minimum atomic E-state index is -4.35. The van der Waals surface area contributed by atoms with Gasteiger partial charge in [0.2, 0.25) is 0 Å². The number of alkyl halides is 3. The maximum atomic E-state index is 12.7. The Bertz CT molecular complexity index is 1200. The van der Waals surface area contributed by atoms with Gasteiger partial charge in [0.05, 0.1) is 10.9 Å². The molecule has 0 aliphatic carbocycles. The minimum absolute atomic E-state index is 0.424. The average molecular weight is 396 g/mol. The fourth-order valence-electron chi connectivity index (χ4n) is 2.97. The lowest BCUT2D eigenvalue weighted by Gasteiger charge is -2.10. The van der Waals surface area contributed by atoms with E-state index in [4.69, 9.17) is 0 Å². The largest absolute Gasteiger partial charge is 0.416 e. The zero-order chi connectivity index (χ0) is 20.4. The first-order valence-corrected chi connectivity index (χ1v) is 8.76. The van der Waals surface area contributed by atoms with Gasteiger partial charge < -0.3 is 5.32 Å². The van der Waals surface area contributed by atoms with E-state index in [1.54, 1.807) is 18.3 Å². The molecule has 0 saturated heterocycles. The first-order chi connectivity index (χ1) is 13.9. The molecular formula is C21H15F3N4O. The Hall–Kier alpha value is -3.68. The fraction of sp³-hybridized carbons (Fsp3) is 0.0952. The quantitative estimate of drug-likeness (QED) is 0.528. The lowest BCUT2D eigenvalue weighted by Crippen LogP contribution is -2.14. The second kappa shape index (κ2) is 7.38. The second-order valence-corrected chi connectivity index (χ2v) is 6.42. The second-order valence-electron chi connectivity index (χ2n) is 6.42. The van der Waals surface area contributed by atoms with Gasteiger partial charge in [0.15, 0.2) is 0 Å². The highest BCUT2D eigenvalue weighted by molar-refractivity contribution is 5.85. The summed E-state index contributed by atoms with van der Waals surface area (Å²) >= 11 is 0. The van der Waals surface area contributed by atoms with Crippen LogP contribution in [0.3, 0.4) is 0 Å². The van der Waals surface area contributed by atoms with Crippen LogP contribution in [-0.2, 0) is 12.7 Å². The van der Waals surface area contributed by atoms with Crippen molar-refractivity contribution in [1.29, 1.82) is 0 Å². The third-order valence-electron chi connectivity index (χ3n) is 4.46. The van der Waals surface area contributed by atoms with E-state index < -0.39 is 17.4 Å². The molecule has 0 aliphatic rings. The van der Waals surface area contributed by atoms with Crippen LogP contribution in [0.4, 0.5) is 19.0 Å². The maximum Gasteiger partial charge on any atom is 0.416 e. The lowest BCUT2D eigenvalue weighted by molar-refractivity contribution is -0.137. The maximum absolute atomic E-state index is 12.7. The van der Waals surface area contributed by atoms with Gasteiger partial charge in [-0.25, -0.2) is 9.78 Å². The fourth-order valence-corrected chi connectivity index (χ4v) is 2.97. The van der Waals surface area contributed by atoms with Crippen molar-refractivity contribution in [3.63, 3.8) is 0 Å². The number of nitrogens with zero attached hydrogens (tertiary/aromatic N) is 2. The molecule has 2 aromatic heterocycles. The molecule has 0 atom stereocenters. The van der Waals surface area contributed by atoms with E-state index in [-0.39, 0.29) is 0 Å². The number of hydrogen-bond acceptors (Lipinski definition) is 4. The molecule has 2 aromatic carbocycles. The number of pyridine rings is 1. The summed E-state index contributed by atoms with van der Waals surface area (Å²) in [4.78, 5) is 22.3. The molecule has 2 N–H and O–H groups in total. The number of anilines is 1. The number of H-pyrrole nitrogens is 1. The van der Waals surface area contributed by atoms with Crippen LogP contribution >= 0.6 is 0 Å². The average Bonchev–Trinajstić information content (AvgIpc) is 2.72. The smallest absolute Gasteiger partial charge is 0.365 e. The summed E-state index contributed by atoms with van der Waals surface area (Å²) in [5, 5.41) is 3.83. The van der Waals surface area contributed by atoms with Crippen molar-refractivity contribution in [2.24, 2.45) is 0 Å². The molecule has 29 heavy (non-hydrogen) atoms. The molecule has 0 fully saturated rings. The van der Waals surface area contributed by atoms with Crippen LogP contribution in [0.2, 0.25) is 0 Å². The number of benzene rings is 2. The van der Waals surface area contributed by atoms with Crippen molar-refractivity contribution in [3.8, 4) is 11.1 Å². The molecule has 5 nitrogen and oxygen atoms in total. The van der Waals surface area contributed by atoms with E-state index in [0.717, 1.165) is 23.3 Å². The van der Waals surface area contributed by atoms with Gasteiger partial charge in [0, 0.05) is 12.7 Å². The summed E-state index contributed by atoms with van der Waals surface area (Å²) < 4.78 is 38.1. The number of rotatable bonds is 4. The van der Waals surface area contributed by atoms with Crippen molar-refractivity contribution >= 4 is 16.9 Å². The van der Waals surface area contributed by atoms with Gasteiger partial charge >= 0.3 is 11.9 Å². The van der Waals surface area contributed by atoms with Gasteiger partial charge in [-0.2, -0.15) is 18.2 Å². The molecule has 0 saturated carbocycles. The van der Waals surface area contributed by atoms with Gasteiger partial charge in [-0.1, -0.05) is 36.4 Å². The van der Waals surface area contributed by atoms with Crippen LogP contribution in [0, 0.1) is 0 Å². The number of fused-ring (bicyclic) bond motifs is 1. The van der Waals surface area contributed by atoms with Gasteiger partial charge in [0.25, 0.3) is 0 Å². The molecule has 146 valence electrons. The summed E-state index contributed by atoms with van der Waals surface area (Å²) in [6.07, 6.45) is -2.76. The Morgan fingerprint density at radius 1 is 0.931 bits per heavy atom. The molecule has 4 rings (SSSR count). The van der Waals surface area contributed by atoms with Gasteiger partial charge in [-0.3, -0.25) is 4.98 Å². The molecule has 0 amide bonds. The highest BCUT2D eigenvalue weighted by Crippen LogP contribution is 2.31. The zero-order valence-corrected chi connectivity index (χ0v) is 15.0. The van der Waals surface area contributed by atoms with Crippen LogP contribution in [0.15, 0.2) is 71.7 Å². The highest BCUT2D eigenvalue weighted by Gasteiger charge is 2.29. The molecule has 4 aromatic rings. The standard InChI is InChI=1S/C21H15F3N4O/c22-21(23,24)16-9-7-15(8-10-16)14-5-3-13(4-6-14)12-26-19-17-2-1-11-25-18(17)27-20(29)28-19/h1-11H,12H2,(H2,25,26,27,28,29).